The number of fused-ring (bicyclic) bond motifs is 1. The number of methoxy groups -OCH3 is 1. The molecule has 0 bridgehead atoms. The lowest BCUT2D eigenvalue weighted by Crippen LogP contribution is -2.67. The molecule has 1 saturated heterocycles. The van der Waals surface area contributed by atoms with Crippen molar-refractivity contribution < 1.29 is 41.8 Å². The van der Waals surface area contributed by atoms with Gasteiger partial charge in [-0.25, -0.2) is 18.2 Å². The topological polar surface area (TPSA) is 182 Å². The predicted molar refractivity (Wildman–Crippen MR) is 190 cm³/mol. The number of aromatic nitrogens is 1. The van der Waals surface area contributed by atoms with E-state index in [-0.39, 0.29) is 25.3 Å². The molecular formula is C35H46ClN5O9S. The molecule has 0 radical (unpaired) electrons. The van der Waals surface area contributed by atoms with E-state index in [1.807, 2.05) is 0 Å². The van der Waals surface area contributed by atoms with Gasteiger partial charge in [-0.1, -0.05) is 39.0 Å². The van der Waals surface area contributed by atoms with E-state index < -0.39 is 73.8 Å². The SMILES string of the molecule is C=C1CC[C@]1(NC(=O)[C@@H]1C[C@@H](Oc2ncc(OC)c3ccc(Cl)cc23)CN1C(=O)[C@@H](NC(=O)OC(C)(C)C)C(C)(C)C)C(=O)NS(=O)(=O)C1CC1. The third kappa shape index (κ3) is 8.19. The third-order valence-electron chi connectivity index (χ3n) is 9.22. The van der Waals surface area contributed by atoms with Crippen LogP contribution in [0.3, 0.4) is 0 Å². The average molecular weight is 748 g/mol. The zero-order valence-electron chi connectivity index (χ0n) is 29.9. The number of nitrogens with zero attached hydrogens (tertiary/aromatic N) is 2. The van der Waals surface area contributed by atoms with Crippen molar-refractivity contribution in [2.75, 3.05) is 13.7 Å². The van der Waals surface area contributed by atoms with Gasteiger partial charge in [0.15, 0.2) is 0 Å². The van der Waals surface area contributed by atoms with Crippen LogP contribution in [0.4, 0.5) is 4.79 Å². The average Bonchev–Trinajstić information content (AvgIpc) is 3.81. The number of hydrogen-bond donors (Lipinski definition) is 3. The van der Waals surface area contributed by atoms with E-state index in [1.165, 1.54) is 18.2 Å². The molecule has 2 heterocycles. The second-order valence-electron chi connectivity index (χ2n) is 15.4. The molecule has 3 fully saturated rings. The Morgan fingerprint density at radius 1 is 1.10 bits per heavy atom. The van der Waals surface area contributed by atoms with Gasteiger partial charge in [0.1, 0.15) is 35.1 Å². The predicted octanol–water partition coefficient (Wildman–Crippen LogP) is 4.00. The van der Waals surface area contributed by atoms with Crippen LogP contribution in [0, 0.1) is 5.41 Å². The van der Waals surface area contributed by atoms with Crippen molar-refractivity contribution in [1.82, 2.24) is 25.2 Å². The minimum absolute atomic E-state index is 0.0266. The summed E-state index contributed by atoms with van der Waals surface area (Å²) in [6.07, 6.45) is 1.28. The van der Waals surface area contributed by atoms with Gasteiger partial charge < -0.3 is 29.7 Å². The summed E-state index contributed by atoms with van der Waals surface area (Å²) in [6.45, 7) is 14.2. The first-order valence-corrected chi connectivity index (χ1v) is 18.7. The van der Waals surface area contributed by atoms with Crippen LogP contribution in [0.5, 0.6) is 11.6 Å². The molecular weight excluding hydrogens is 702 g/mol. The summed E-state index contributed by atoms with van der Waals surface area (Å²) in [6, 6.07) is 2.80. The molecule has 0 spiro atoms. The Morgan fingerprint density at radius 2 is 1.78 bits per heavy atom. The minimum Gasteiger partial charge on any atom is -0.494 e. The molecule has 4 amide bonds. The van der Waals surface area contributed by atoms with Crippen LogP contribution in [0.2, 0.25) is 5.02 Å². The number of hydrogen-bond acceptors (Lipinski definition) is 10. The quantitative estimate of drug-likeness (QED) is 0.301. The Labute approximate surface area is 303 Å². The van der Waals surface area contributed by atoms with Gasteiger partial charge in [-0.2, -0.15) is 0 Å². The van der Waals surface area contributed by atoms with Crippen LogP contribution in [0.25, 0.3) is 10.8 Å². The summed E-state index contributed by atoms with van der Waals surface area (Å²) in [5, 5.41) is 6.43. The van der Waals surface area contributed by atoms with Crippen molar-refractivity contribution in [2.45, 2.75) is 108 Å². The molecule has 1 aliphatic heterocycles. The Kier molecular flexibility index (Phi) is 10.3. The molecule has 3 aliphatic rings. The van der Waals surface area contributed by atoms with Gasteiger partial charge in [-0.05, 0) is 75.6 Å². The van der Waals surface area contributed by atoms with Crippen LogP contribution in [-0.4, -0.2) is 90.3 Å². The zero-order chi connectivity index (χ0) is 37.7. The third-order valence-corrected chi connectivity index (χ3v) is 11.3. The number of nitrogens with one attached hydrogen (secondary N) is 3. The van der Waals surface area contributed by atoms with Gasteiger partial charge >= 0.3 is 6.09 Å². The van der Waals surface area contributed by atoms with Gasteiger partial charge in [-0.3, -0.25) is 19.1 Å². The second kappa shape index (κ2) is 13.8. The van der Waals surface area contributed by atoms with E-state index in [4.69, 9.17) is 25.8 Å². The maximum absolute atomic E-state index is 14.5. The van der Waals surface area contributed by atoms with Crippen LogP contribution in [0.1, 0.15) is 73.6 Å². The maximum Gasteiger partial charge on any atom is 0.408 e. The number of ether oxygens (including phenoxy) is 3. The molecule has 3 N–H and O–H groups in total. The van der Waals surface area contributed by atoms with Crippen LogP contribution in [0.15, 0.2) is 36.5 Å². The molecule has 2 saturated carbocycles. The summed E-state index contributed by atoms with van der Waals surface area (Å²) in [7, 11) is -2.41. The van der Waals surface area contributed by atoms with Gasteiger partial charge in [0.25, 0.3) is 5.91 Å². The molecule has 2 aromatic rings. The van der Waals surface area contributed by atoms with Crippen molar-refractivity contribution in [1.29, 1.82) is 0 Å². The highest BCUT2D eigenvalue weighted by molar-refractivity contribution is 7.91. The molecule has 0 unspecified atom stereocenters. The maximum atomic E-state index is 14.5. The van der Waals surface area contributed by atoms with Gasteiger partial charge in [0.2, 0.25) is 27.7 Å². The number of rotatable bonds is 10. The number of amides is 4. The lowest BCUT2D eigenvalue weighted by Gasteiger charge is -2.44. The standard InChI is InChI=1S/C35H46ClN5O9S/c1-19-13-14-35(19,31(44)40-51(46,47)22-10-11-22)39-28(42)25-16-21(49-29-24-15-20(36)9-12-23(24)26(48-8)17-37-29)18-41(25)30(43)27(33(2,3)4)38-32(45)50-34(5,6)7/h9,12,15,17,21-22,25,27H,1,10-11,13-14,16,18H2,2-8H3,(H,38,45)(H,39,42)(H,40,44)/t21-,25+,27-,35-/m1/s1. The summed E-state index contributed by atoms with van der Waals surface area (Å²) >= 11 is 6.32. The fourth-order valence-electron chi connectivity index (χ4n) is 6.20. The van der Waals surface area contributed by atoms with Crippen LogP contribution in [-0.2, 0) is 29.1 Å². The second-order valence-corrected chi connectivity index (χ2v) is 17.8. The summed E-state index contributed by atoms with van der Waals surface area (Å²) in [5.41, 5.74) is -3.02. The first-order valence-electron chi connectivity index (χ1n) is 16.8. The highest BCUT2D eigenvalue weighted by atomic mass is 35.5. The smallest absolute Gasteiger partial charge is 0.408 e. The molecule has 51 heavy (non-hydrogen) atoms. The Bertz CT molecular complexity index is 1870. The lowest BCUT2D eigenvalue weighted by molar-refractivity contribution is -0.143. The van der Waals surface area contributed by atoms with Gasteiger partial charge in [0, 0.05) is 22.2 Å². The van der Waals surface area contributed by atoms with E-state index in [0.29, 0.717) is 46.4 Å². The van der Waals surface area contributed by atoms with Crippen LogP contribution < -0.4 is 24.8 Å². The minimum atomic E-state index is -3.92. The summed E-state index contributed by atoms with van der Waals surface area (Å²) < 4.78 is 44.8. The summed E-state index contributed by atoms with van der Waals surface area (Å²) in [4.78, 5) is 60.9. The fraction of sp³-hybridized carbons (Fsp3) is 0.571. The van der Waals surface area contributed by atoms with Crippen molar-refractivity contribution in [3.05, 3.63) is 41.6 Å². The molecule has 14 nitrogen and oxygen atoms in total. The fourth-order valence-corrected chi connectivity index (χ4v) is 7.73. The largest absolute Gasteiger partial charge is 0.494 e. The molecule has 1 aromatic carbocycles. The molecule has 1 aromatic heterocycles. The first kappa shape index (κ1) is 38.1. The zero-order valence-corrected chi connectivity index (χ0v) is 31.5. The van der Waals surface area contributed by atoms with E-state index in [0.717, 1.165) is 0 Å². The van der Waals surface area contributed by atoms with Gasteiger partial charge in [-0.15, -0.1) is 0 Å². The Morgan fingerprint density at radius 3 is 2.33 bits per heavy atom. The number of likely N-dealkylation sites (tertiary alicyclic amines) is 1. The first-order chi connectivity index (χ1) is 23.6. The monoisotopic (exact) mass is 747 g/mol. The van der Waals surface area contributed by atoms with Crippen LogP contribution >= 0.6 is 11.6 Å². The molecule has 5 rings (SSSR count). The molecule has 4 atom stereocenters. The van der Waals surface area contributed by atoms with Gasteiger partial charge in [0.05, 0.1) is 25.1 Å². The molecule has 278 valence electrons. The van der Waals surface area contributed by atoms with E-state index in [9.17, 15) is 27.6 Å². The Balaban J connectivity index is 1.47. The van der Waals surface area contributed by atoms with Crippen molar-refractivity contribution in [2.24, 2.45) is 5.41 Å². The lowest BCUT2D eigenvalue weighted by atomic mass is 9.71. The molecule has 16 heteroatoms. The number of alkyl carbamates (subject to hydrolysis) is 1. The number of benzene rings is 1. The van der Waals surface area contributed by atoms with E-state index >= 15 is 0 Å². The van der Waals surface area contributed by atoms with Crippen molar-refractivity contribution in [3.8, 4) is 11.6 Å². The van der Waals surface area contributed by atoms with E-state index in [1.54, 1.807) is 59.7 Å². The number of sulfonamides is 1. The highest BCUT2D eigenvalue weighted by Gasteiger charge is 2.54. The van der Waals surface area contributed by atoms with Crippen molar-refractivity contribution in [3.63, 3.8) is 0 Å². The number of halogens is 1. The Hall–Kier alpha value is -4.11. The molecule has 2 aliphatic carbocycles. The highest BCUT2D eigenvalue weighted by Crippen LogP contribution is 2.40. The number of carbonyl (C=O) groups is 4. The normalized spacial score (nSPS) is 22.8. The summed E-state index contributed by atoms with van der Waals surface area (Å²) in [5.74, 6) is -1.51. The van der Waals surface area contributed by atoms with E-state index in [2.05, 4.69) is 26.9 Å². The van der Waals surface area contributed by atoms with Crippen molar-refractivity contribution >= 4 is 56.2 Å². The number of carbonyl (C=O) groups excluding carboxylic acids is 4. The number of pyridine rings is 1.